The van der Waals surface area contributed by atoms with Crippen molar-refractivity contribution in [1.29, 1.82) is 0 Å². The molecule has 2 N–H and O–H groups in total. The van der Waals surface area contributed by atoms with Gasteiger partial charge < -0.3 is 5.32 Å². The van der Waals surface area contributed by atoms with E-state index in [1.807, 2.05) is 39.1 Å². The smallest absolute Gasteiger partial charge is 0.274 e. The molecule has 0 saturated carbocycles. The minimum atomic E-state index is -0.546. The Balaban J connectivity index is 1.80. The molecule has 1 aliphatic rings. The normalized spacial score (nSPS) is 19.0. The highest BCUT2D eigenvalue weighted by Crippen LogP contribution is 2.17. The summed E-state index contributed by atoms with van der Waals surface area (Å²) >= 11 is 0. The van der Waals surface area contributed by atoms with Gasteiger partial charge in [-0.25, -0.2) is 9.38 Å². The van der Waals surface area contributed by atoms with Crippen molar-refractivity contribution in [2.24, 2.45) is 18.0 Å². The van der Waals surface area contributed by atoms with Crippen LogP contribution in [0, 0.1) is 5.92 Å². The fraction of sp³-hybridized carbons (Fsp3) is 0.389. The number of guanidine groups is 1. The first kappa shape index (κ1) is 17.1. The molecule has 25 heavy (non-hydrogen) atoms. The lowest BCUT2D eigenvalue weighted by Crippen LogP contribution is -2.28. The molecule has 1 saturated heterocycles. The quantitative estimate of drug-likeness (QED) is 0.819. The number of amides is 1. The van der Waals surface area contributed by atoms with E-state index in [2.05, 4.69) is 20.7 Å². The van der Waals surface area contributed by atoms with Crippen molar-refractivity contribution in [2.75, 3.05) is 6.67 Å². The molecule has 0 bridgehead atoms. The highest BCUT2D eigenvalue weighted by atomic mass is 19.1. The van der Waals surface area contributed by atoms with Gasteiger partial charge in [-0.2, -0.15) is 5.10 Å². The summed E-state index contributed by atoms with van der Waals surface area (Å²) in [6, 6.07) is 5.39. The second kappa shape index (κ2) is 7.04. The van der Waals surface area contributed by atoms with E-state index >= 15 is 0 Å². The van der Waals surface area contributed by atoms with Crippen LogP contribution in [0.1, 0.15) is 25.8 Å². The van der Waals surface area contributed by atoms with Gasteiger partial charge in [0.25, 0.3) is 5.91 Å². The van der Waals surface area contributed by atoms with Crippen LogP contribution in [0.2, 0.25) is 0 Å². The zero-order valence-corrected chi connectivity index (χ0v) is 14.6. The molecule has 0 radical (unpaired) electrons. The number of carbonyl (C=O) groups is 1. The molecule has 6 nitrogen and oxygen atoms in total. The summed E-state index contributed by atoms with van der Waals surface area (Å²) in [5, 5.41) is 10.8. The first-order valence-electron chi connectivity index (χ1n) is 8.32. The number of hydrogen-bond donors (Lipinski definition) is 2. The zero-order valence-electron chi connectivity index (χ0n) is 14.6. The second-order valence-electron chi connectivity index (χ2n) is 6.64. The fourth-order valence-electron chi connectivity index (χ4n) is 2.87. The Bertz CT molecular complexity index is 852. The zero-order chi connectivity index (χ0) is 18.0. The van der Waals surface area contributed by atoms with Crippen LogP contribution in [0.3, 0.4) is 0 Å². The van der Waals surface area contributed by atoms with Crippen LogP contribution >= 0.6 is 0 Å². The Hall–Kier alpha value is -2.70. The third-order valence-electron chi connectivity index (χ3n) is 4.04. The molecule has 132 valence electrons. The monoisotopic (exact) mass is 343 g/mol. The van der Waals surface area contributed by atoms with Crippen LogP contribution in [-0.2, 0) is 11.8 Å². The lowest BCUT2D eigenvalue weighted by Gasteiger charge is -2.11. The highest BCUT2D eigenvalue weighted by molar-refractivity contribution is 6.15. The van der Waals surface area contributed by atoms with E-state index in [-0.39, 0.29) is 5.91 Å². The maximum Gasteiger partial charge on any atom is 0.274 e. The summed E-state index contributed by atoms with van der Waals surface area (Å²) in [6.45, 7) is 3.49. The number of carbonyl (C=O) groups excluding carboxylic acids is 1. The summed E-state index contributed by atoms with van der Waals surface area (Å²) in [4.78, 5) is 16.4. The number of alkyl halides is 1. The van der Waals surface area contributed by atoms with Gasteiger partial charge in [-0.1, -0.05) is 19.9 Å². The van der Waals surface area contributed by atoms with Crippen LogP contribution in [-0.4, -0.2) is 34.4 Å². The number of halogens is 1. The minimum Gasteiger partial charge on any atom is -0.321 e. The summed E-state index contributed by atoms with van der Waals surface area (Å²) in [5.74, 6) is 0.373. The Morgan fingerprint density at radius 3 is 2.88 bits per heavy atom. The van der Waals surface area contributed by atoms with Crippen LogP contribution < -0.4 is 10.6 Å². The van der Waals surface area contributed by atoms with Crippen molar-refractivity contribution in [3.05, 3.63) is 35.7 Å². The number of aliphatic imine (C=N–C) groups is 1. The lowest BCUT2D eigenvalue weighted by molar-refractivity contribution is -0.115. The molecule has 1 atom stereocenters. The van der Waals surface area contributed by atoms with Gasteiger partial charge in [0.1, 0.15) is 12.4 Å². The molecule has 3 rings (SSSR count). The Morgan fingerprint density at radius 1 is 1.36 bits per heavy atom. The molecule has 7 heteroatoms. The molecule has 0 spiro atoms. The Labute approximate surface area is 145 Å². The number of aromatic nitrogens is 2. The van der Waals surface area contributed by atoms with E-state index in [9.17, 15) is 9.18 Å². The molecule has 1 amide bonds. The number of rotatable bonds is 5. The van der Waals surface area contributed by atoms with Gasteiger partial charge in [-0.15, -0.1) is 0 Å². The predicted molar refractivity (Wildman–Crippen MR) is 96.6 cm³/mol. The number of benzene rings is 1. The molecule has 2 heterocycles. The first-order valence-corrected chi connectivity index (χ1v) is 8.32. The SMILES string of the molecule is CC(C)C[C@H](CF)N=C1NC(=O)/C(=C/c2ccc3c(cnn3C)c2)N1. The maximum atomic E-state index is 13.1. The molecular weight excluding hydrogens is 321 g/mol. The summed E-state index contributed by atoms with van der Waals surface area (Å²) in [5.41, 5.74) is 2.29. The second-order valence-corrected chi connectivity index (χ2v) is 6.64. The van der Waals surface area contributed by atoms with E-state index in [1.54, 1.807) is 17.0 Å². The maximum absolute atomic E-state index is 13.1. The third kappa shape index (κ3) is 3.87. The summed E-state index contributed by atoms with van der Waals surface area (Å²) in [7, 11) is 1.88. The summed E-state index contributed by atoms with van der Waals surface area (Å²) < 4.78 is 14.9. The van der Waals surface area contributed by atoms with Gasteiger partial charge >= 0.3 is 0 Å². The molecular formula is C18H22FN5O. The average Bonchev–Trinajstić information content (AvgIpc) is 3.09. The van der Waals surface area contributed by atoms with Crippen molar-refractivity contribution in [3.8, 4) is 0 Å². The van der Waals surface area contributed by atoms with Gasteiger partial charge in [-0.05, 0) is 36.1 Å². The third-order valence-corrected chi connectivity index (χ3v) is 4.04. The van der Waals surface area contributed by atoms with E-state index in [0.29, 0.717) is 24.0 Å². The van der Waals surface area contributed by atoms with Crippen molar-refractivity contribution in [1.82, 2.24) is 20.4 Å². The molecule has 2 aromatic rings. The fourth-order valence-corrected chi connectivity index (χ4v) is 2.87. The predicted octanol–water partition coefficient (Wildman–Crippen LogP) is 2.37. The molecule has 1 aliphatic heterocycles. The van der Waals surface area contributed by atoms with Crippen LogP contribution in [0.25, 0.3) is 17.0 Å². The van der Waals surface area contributed by atoms with Gasteiger partial charge in [0, 0.05) is 12.4 Å². The largest absolute Gasteiger partial charge is 0.321 e. The van der Waals surface area contributed by atoms with Crippen LogP contribution in [0.15, 0.2) is 35.1 Å². The number of nitrogens with zero attached hydrogens (tertiary/aromatic N) is 3. The molecule has 0 unspecified atom stereocenters. The number of nitrogens with one attached hydrogen (secondary N) is 2. The molecule has 1 aromatic carbocycles. The molecule has 0 aliphatic carbocycles. The van der Waals surface area contributed by atoms with E-state index in [0.717, 1.165) is 16.5 Å². The van der Waals surface area contributed by atoms with E-state index in [1.165, 1.54) is 0 Å². The van der Waals surface area contributed by atoms with Crippen molar-refractivity contribution >= 4 is 28.8 Å². The van der Waals surface area contributed by atoms with E-state index < -0.39 is 12.7 Å². The highest BCUT2D eigenvalue weighted by Gasteiger charge is 2.23. The van der Waals surface area contributed by atoms with Gasteiger partial charge in [0.15, 0.2) is 0 Å². The van der Waals surface area contributed by atoms with Crippen molar-refractivity contribution < 1.29 is 9.18 Å². The van der Waals surface area contributed by atoms with E-state index in [4.69, 9.17) is 0 Å². The number of hydrogen-bond acceptors (Lipinski definition) is 3. The standard InChI is InChI=1S/C18H22FN5O/c1-11(2)6-14(9-19)21-18-22-15(17(25)23-18)8-12-4-5-16-13(7-12)10-20-24(16)3/h4-5,7-8,10-11,14H,6,9H2,1-3H3,(H2,21,22,23,25)/b15-8-/t14-/m1/s1. The Kier molecular flexibility index (Phi) is 4.83. The van der Waals surface area contributed by atoms with Crippen LogP contribution in [0.4, 0.5) is 4.39 Å². The van der Waals surface area contributed by atoms with Gasteiger partial charge in [0.2, 0.25) is 5.96 Å². The summed E-state index contributed by atoms with van der Waals surface area (Å²) in [6.07, 6.45) is 4.16. The Morgan fingerprint density at radius 2 is 2.16 bits per heavy atom. The van der Waals surface area contributed by atoms with Crippen molar-refractivity contribution in [2.45, 2.75) is 26.3 Å². The lowest BCUT2D eigenvalue weighted by atomic mass is 10.1. The van der Waals surface area contributed by atoms with Crippen molar-refractivity contribution in [3.63, 3.8) is 0 Å². The topological polar surface area (TPSA) is 71.3 Å². The number of aryl methyl sites for hydroxylation is 1. The van der Waals surface area contributed by atoms with Crippen LogP contribution in [0.5, 0.6) is 0 Å². The molecule has 1 fully saturated rings. The minimum absolute atomic E-state index is 0.271. The van der Waals surface area contributed by atoms with Gasteiger partial charge in [-0.3, -0.25) is 14.8 Å². The van der Waals surface area contributed by atoms with Gasteiger partial charge in [0.05, 0.1) is 17.8 Å². The number of fused-ring (bicyclic) bond motifs is 1. The molecule has 1 aromatic heterocycles. The average molecular weight is 343 g/mol. The first-order chi connectivity index (χ1) is 12.0.